The van der Waals surface area contributed by atoms with Crippen LogP contribution in [0.25, 0.3) is 0 Å². The molecule has 2 rings (SSSR count). The second-order valence-electron chi connectivity index (χ2n) is 5.16. The van der Waals surface area contributed by atoms with Crippen LogP contribution < -0.4 is 0 Å². The van der Waals surface area contributed by atoms with Crippen molar-refractivity contribution in [1.82, 2.24) is 0 Å². The molecule has 0 fully saturated rings. The normalized spacial score (nSPS) is 20.6. The van der Waals surface area contributed by atoms with E-state index in [9.17, 15) is 9.90 Å². The Morgan fingerprint density at radius 2 is 2.33 bits per heavy atom. The molecule has 2 nitrogen and oxygen atoms in total. The van der Waals surface area contributed by atoms with Gasteiger partial charge in [0.05, 0.1) is 5.92 Å². The molecule has 2 heteroatoms. The maximum Gasteiger partial charge on any atom is 0.307 e. The van der Waals surface area contributed by atoms with Crippen LogP contribution in [-0.4, -0.2) is 11.1 Å². The van der Waals surface area contributed by atoms with Crippen molar-refractivity contribution in [3.63, 3.8) is 0 Å². The number of rotatable bonds is 4. The van der Waals surface area contributed by atoms with Crippen LogP contribution in [0.1, 0.15) is 30.4 Å². The molecule has 0 bridgehead atoms. The Balaban J connectivity index is 2.13. The van der Waals surface area contributed by atoms with Crippen molar-refractivity contribution in [3.8, 4) is 0 Å². The second kappa shape index (κ2) is 5.85. The molecule has 1 N–H and O–H groups in total. The number of carbonyl (C=O) groups is 1. The summed E-state index contributed by atoms with van der Waals surface area (Å²) in [6.45, 7) is 2.04. The van der Waals surface area contributed by atoms with E-state index in [2.05, 4.69) is 18.2 Å². The molecule has 18 heavy (non-hydrogen) atoms. The molecule has 0 aromatic heterocycles. The smallest absolute Gasteiger partial charge is 0.307 e. The highest BCUT2D eigenvalue weighted by Crippen LogP contribution is 2.28. The molecule has 0 amide bonds. The minimum absolute atomic E-state index is 0.191. The maximum absolute atomic E-state index is 11.5. The number of aliphatic carboxylic acids is 1. The van der Waals surface area contributed by atoms with Gasteiger partial charge < -0.3 is 5.11 Å². The van der Waals surface area contributed by atoms with Crippen LogP contribution in [0.3, 0.4) is 0 Å². The summed E-state index contributed by atoms with van der Waals surface area (Å²) < 4.78 is 0. The van der Waals surface area contributed by atoms with Gasteiger partial charge in [0.15, 0.2) is 0 Å². The first kappa shape index (κ1) is 12.9. The Labute approximate surface area is 108 Å². The molecule has 0 saturated heterocycles. The average molecular weight is 244 g/mol. The van der Waals surface area contributed by atoms with E-state index in [-0.39, 0.29) is 11.8 Å². The number of aryl methyl sites for hydroxylation is 1. The van der Waals surface area contributed by atoms with Crippen molar-refractivity contribution < 1.29 is 9.90 Å². The SMILES string of the molecule is Cc1cccc(CC(C(=O)O)C2C=CCCC2)c1. The summed E-state index contributed by atoms with van der Waals surface area (Å²) in [6, 6.07) is 8.15. The number of carboxylic acid groups (broad SMARTS) is 1. The van der Waals surface area contributed by atoms with Gasteiger partial charge in [0.25, 0.3) is 0 Å². The van der Waals surface area contributed by atoms with Gasteiger partial charge >= 0.3 is 5.97 Å². The van der Waals surface area contributed by atoms with Crippen molar-refractivity contribution in [2.45, 2.75) is 32.6 Å². The fraction of sp³-hybridized carbons (Fsp3) is 0.438. The van der Waals surface area contributed by atoms with Gasteiger partial charge in [-0.05, 0) is 44.1 Å². The fourth-order valence-electron chi connectivity index (χ4n) is 2.69. The highest BCUT2D eigenvalue weighted by atomic mass is 16.4. The van der Waals surface area contributed by atoms with Gasteiger partial charge in [-0.15, -0.1) is 0 Å². The third-order valence-corrected chi connectivity index (χ3v) is 3.66. The maximum atomic E-state index is 11.5. The lowest BCUT2D eigenvalue weighted by molar-refractivity contribution is -0.143. The molecule has 0 spiro atoms. The molecule has 1 aliphatic carbocycles. The molecule has 1 aromatic rings. The first-order valence-electron chi connectivity index (χ1n) is 6.62. The van der Waals surface area contributed by atoms with Gasteiger partial charge in [-0.3, -0.25) is 4.79 Å². The summed E-state index contributed by atoms with van der Waals surface area (Å²) >= 11 is 0. The Hall–Kier alpha value is -1.57. The summed E-state index contributed by atoms with van der Waals surface area (Å²) in [5.41, 5.74) is 2.32. The fourth-order valence-corrected chi connectivity index (χ4v) is 2.69. The predicted octanol–water partition coefficient (Wildman–Crippen LogP) is 3.59. The molecule has 0 aliphatic heterocycles. The molecule has 0 radical (unpaired) electrons. The summed E-state index contributed by atoms with van der Waals surface area (Å²) in [6.07, 6.45) is 8.05. The first-order valence-corrected chi connectivity index (χ1v) is 6.62. The molecular weight excluding hydrogens is 224 g/mol. The quantitative estimate of drug-likeness (QED) is 0.822. The van der Waals surface area contributed by atoms with Gasteiger partial charge in [0.2, 0.25) is 0 Å². The topological polar surface area (TPSA) is 37.3 Å². The Kier molecular flexibility index (Phi) is 4.19. The second-order valence-corrected chi connectivity index (χ2v) is 5.16. The van der Waals surface area contributed by atoms with Crippen LogP contribution in [0.4, 0.5) is 0 Å². The van der Waals surface area contributed by atoms with E-state index < -0.39 is 5.97 Å². The lowest BCUT2D eigenvalue weighted by atomic mass is 9.81. The zero-order valence-electron chi connectivity index (χ0n) is 10.8. The highest BCUT2D eigenvalue weighted by molar-refractivity contribution is 5.71. The molecule has 1 aliphatic rings. The summed E-state index contributed by atoms with van der Waals surface area (Å²) in [5.74, 6) is -0.770. The van der Waals surface area contributed by atoms with Crippen LogP contribution in [0, 0.1) is 18.8 Å². The van der Waals surface area contributed by atoms with E-state index >= 15 is 0 Å². The van der Waals surface area contributed by atoms with E-state index in [1.165, 1.54) is 5.56 Å². The lowest BCUT2D eigenvalue weighted by Crippen LogP contribution is -2.25. The Morgan fingerprint density at radius 1 is 1.50 bits per heavy atom. The van der Waals surface area contributed by atoms with E-state index in [1.807, 2.05) is 25.1 Å². The number of benzene rings is 1. The third-order valence-electron chi connectivity index (χ3n) is 3.66. The third kappa shape index (κ3) is 3.22. The van der Waals surface area contributed by atoms with Crippen LogP contribution in [-0.2, 0) is 11.2 Å². The molecule has 1 aromatic carbocycles. The van der Waals surface area contributed by atoms with Gasteiger partial charge in [0.1, 0.15) is 0 Å². The van der Waals surface area contributed by atoms with Crippen molar-refractivity contribution in [1.29, 1.82) is 0 Å². The van der Waals surface area contributed by atoms with Gasteiger partial charge in [-0.1, -0.05) is 42.0 Å². The van der Waals surface area contributed by atoms with Crippen molar-refractivity contribution in [2.24, 2.45) is 11.8 Å². The molecule has 2 atom stereocenters. The van der Waals surface area contributed by atoms with Crippen molar-refractivity contribution >= 4 is 5.97 Å². The van der Waals surface area contributed by atoms with Crippen LogP contribution >= 0.6 is 0 Å². The number of carboxylic acids is 1. The minimum Gasteiger partial charge on any atom is -0.481 e. The first-order chi connectivity index (χ1) is 8.66. The van der Waals surface area contributed by atoms with E-state index in [4.69, 9.17) is 0 Å². The Bertz CT molecular complexity index is 448. The largest absolute Gasteiger partial charge is 0.481 e. The van der Waals surface area contributed by atoms with Crippen LogP contribution in [0.5, 0.6) is 0 Å². The highest BCUT2D eigenvalue weighted by Gasteiger charge is 2.27. The lowest BCUT2D eigenvalue weighted by Gasteiger charge is -2.23. The van der Waals surface area contributed by atoms with Gasteiger partial charge in [-0.2, -0.15) is 0 Å². The van der Waals surface area contributed by atoms with Crippen molar-refractivity contribution in [3.05, 3.63) is 47.5 Å². The molecule has 2 unspecified atom stereocenters. The zero-order valence-corrected chi connectivity index (χ0v) is 10.8. The predicted molar refractivity (Wildman–Crippen MR) is 72.5 cm³/mol. The number of hydrogen-bond acceptors (Lipinski definition) is 1. The minimum atomic E-state index is -0.673. The Morgan fingerprint density at radius 3 is 2.94 bits per heavy atom. The van der Waals surface area contributed by atoms with Gasteiger partial charge in [0, 0.05) is 0 Å². The average Bonchev–Trinajstić information content (AvgIpc) is 2.37. The summed E-state index contributed by atoms with van der Waals surface area (Å²) in [7, 11) is 0. The summed E-state index contributed by atoms with van der Waals surface area (Å²) in [5, 5.41) is 9.42. The molecule has 0 heterocycles. The van der Waals surface area contributed by atoms with E-state index in [0.29, 0.717) is 6.42 Å². The zero-order chi connectivity index (χ0) is 13.0. The van der Waals surface area contributed by atoms with Crippen LogP contribution in [0.2, 0.25) is 0 Å². The summed E-state index contributed by atoms with van der Waals surface area (Å²) in [4.78, 5) is 11.5. The molecular formula is C16H20O2. The standard InChI is InChI=1S/C16H20O2/c1-12-6-5-7-13(10-12)11-15(16(17)18)14-8-3-2-4-9-14/h3,5-8,10,14-15H,2,4,9,11H2,1H3,(H,17,18). The number of allylic oxidation sites excluding steroid dienone is 2. The van der Waals surface area contributed by atoms with E-state index in [1.54, 1.807) is 0 Å². The van der Waals surface area contributed by atoms with E-state index in [0.717, 1.165) is 24.8 Å². The monoisotopic (exact) mass is 244 g/mol. The van der Waals surface area contributed by atoms with Gasteiger partial charge in [-0.25, -0.2) is 0 Å². The van der Waals surface area contributed by atoms with Crippen molar-refractivity contribution in [2.75, 3.05) is 0 Å². The number of hydrogen-bond donors (Lipinski definition) is 1. The molecule has 0 saturated carbocycles. The molecule has 96 valence electrons. The van der Waals surface area contributed by atoms with Crippen LogP contribution in [0.15, 0.2) is 36.4 Å².